The van der Waals surface area contributed by atoms with Crippen molar-refractivity contribution in [1.29, 1.82) is 0 Å². The molecule has 3 aromatic carbocycles. The number of anilines is 3. The van der Waals surface area contributed by atoms with Gasteiger partial charge in [-0.1, -0.05) is 18.6 Å². The normalized spacial score (nSPS) is 17.9. The zero-order chi connectivity index (χ0) is 26.2. The highest BCUT2D eigenvalue weighted by atomic mass is 32.2. The van der Waals surface area contributed by atoms with Gasteiger partial charge in [0, 0.05) is 54.5 Å². The summed E-state index contributed by atoms with van der Waals surface area (Å²) in [6, 6.07) is 14.2. The summed E-state index contributed by atoms with van der Waals surface area (Å²) in [6.07, 6.45) is 2.56. The molecule has 0 aliphatic carbocycles. The maximum atomic E-state index is 13.5. The van der Waals surface area contributed by atoms with Crippen LogP contribution in [0, 0.1) is 0 Å². The Morgan fingerprint density at radius 2 is 1.89 bits per heavy atom. The average molecular weight is 523 g/mol. The number of carbonyl (C=O) groups is 2. The van der Waals surface area contributed by atoms with Crippen molar-refractivity contribution in [2.75, 3.05) is 42.8 Å². The number of rotatable bonds is 8. The predicted octanol–water partition coefficient (Wildman–Crippen LogP) is 3.60. The quantitative estimate of drug-likeness (QED) is 0.344. The molecule has 1 atom stereocenters. The van der Waals surface area contributed by atoms with Crippen LogP contribution in [-0.2, 0) is 19.6 Å². The molecular weight excluding hydrogens is 492 g/mol. The van der Waals surface area contributed by atoms with Gasteiger partial charge >= 0.3 is 0 Å². The number of benzene rings is 3. The van der Waals surface area contributed by atoms with Crippen LogP contribution >= 0.6 is 0 Å². The van der Waals surface area contributed by atoms with Gasteiger partial charge in [-0.25, -0.2) is 8.42 Å². The third-order valence-corrected chi connectivity index (χ3v) is 8.94. The molecule has 1 unspecified atom stereocenters. The van der Waals surface area contributed by atoms with E-state index in [1.54, 1.807) is 42.3 Å². The van der Waals surface area contributed by atoms with E-state index in [1.807, 2.05) is 12.1 Å². The highest BCUT2D eigenvalue weighted by Gasteiger charge is 2.38. The van der Waals surface area contributed by atoms with E-state index >= 15 is 0 Å². The average Bonchev–Trinajstić information content (AvgIpc) is 3.18. The third-order valence-electron chi connectivity index (χ3n) is 7.02. The third kappa shape index (κ3) is 4.56. The number of hydrogen-bond donors (Lipinski definition) is 2. The number of hydrogen-bond acceptors (Lipinski definition) is 6. The van der Waals surface area contributed by atoms with Crippen molar-refractivity contribution in [2.45, 2.75) is 36.6 Å². The monoisotopic (exact) mass is 522 g/mol. The summed E-state index contributed by atoms with van der Waals surface area (Å²) in [4.78, 5) is 28.4. The molecule has 2 aliphatic rings. The lowest BCUT2D eigenvalue weighted by Gasteiger charge is -2.33. The van der Waals surface area contributed by atoms with Crippen molar-refractivity contribution < 1.29 is 22.7 Å². The van der Waals surface area contributed by atoms with Crippen LogP contribution in [0.4, 0.5) is 17.1 Å². The number of nitrogens with one attached hydrogen (secondary N) is 1. The first-order chi connectivity index (χ1) is 17.8. The van der Waals surface area contributed by atoms with Crippen LogP contribution < -0.4 is 16.0 Å². The topological polar surface area (TPSA) is 122 Å². The van der Waals surface area contributed by atoms with E-state index in [9.17, 15) is 18.0 Å². The molecule has 0 saturated carbocycles. The standard InChI is InChI=1S/C27H30N4O5S/c1-36-17-5-15-30-23-14-13-22(20-6-4-7-21(25(20)23)27(30)33)29-26(32)24-8-2-3-16-31(24)37(34,35)19-11-9-18(28)10-12-19/h4,6-7,9-14,24H,2-3,5,8,15-17,28H2,1H3,(H,29,32). The minimum atomic E-state index is -3.88. The van der Waals surface area contributed by atoms with Gasteiger partial charge in [0.25, 0.3) is 5.91 Å². The summed E-state index contributed by atoms with van der Waals surface area (Å²) in [5, 5.41) is 4.50. The van der Waals surface area contributed by atoms with Gasteiger partial charge in [0.05, 0.1) is 10.6 Å². The zero-order valence-corrected chi connectivity index (χ0v) is 21.5. The van der Waals surface area contributed by atoms with Gasteiger partial charge in [-0.2, -0.15) is 4.31 Å². The van der Waals surface area contributed by atoms with Gasteiger partial charge in [-0.15, -0.1) is 0 Å². The van der Waals surface area contributed by atoms with Gasteiger partial charge in [-0.05, 0) is 61.7 Å². The molecule has 3 aromatic rings. The Bertz CT molecular complexity index is 1460. The lowest BCUT2D eigenvalue weighted by molar-refractivity contribution is -0.120. The molecule has 9 nitrogen and oxygen atoms in total. The Morgan fingerprint density at radius 3 is 2.65 bits per heavy atom. The van der Waals surface area contributed by atoms with Crippen LogP contribution in [0.25, 0.3) is 10.8 Å². The predicted molar refractivity (Wildman–Crippen MR) is 143 cm³/mol. The van der Waals surface area contributed by atoms with E-state index < -0.39 is 16.1 Å². The van der Waals surface area contributed by atoms with Crippen LogP contribution in [0.5, 0.6) is 0 Å². The number of nitrogen functional groups attached to an aromatic ring is 1. The van der Waals surface area contributed by atoms with Crippen molar-refractivity contribution in [3.8, 4) is 0 Å². The fraction of sp³-hybridized carbons (Fsp3) is 0.333. The Kier molecular flexibility index (Phi) is 6.89. The summed E-state index contributed by atoms with van der Waals surface area (Å²) in [5.74, 6) is -0.464. The Morgan fingerprint density at radius 1 is 1.11 bits per heavy atom. The lowest BCUT2D eigenvalue weighted by atomic mass is 10.0. The minimum Gasteiger partial charge on any atom is -0.399 e. The van der Waals surface area contributed by atoms with E-state index in [4.69, 9.17) is 10.5 Å². The van der Waals surface area contributed by atoms with Gasteiger partial charge in [-0.3, -0.25) is 9.59 Å². The van der Waals surface area contributed by atoms with E-state index in [-0.39, 0.29) is 23.3 Å². The molecule has 0 radical (unpaired) electrons. The molecule has 0 bridgehead atoms. The number of nitrogens with two attached hydrogens (primary N) is 1. The smallest absolute Gasteiger partial charge is 0.258 e. The van der Waals surface area contributed by atoms with Crippen LogP contribution in [0.3, 0.4) is 0 Å². The zero-order valence-electron chi connectivity index (χ0n) is 20.6. The summed E-state index contributed by atoms with van der Waals surface area (Å²) >= 11 is 0. The second-order valence-electron chi connectivity index (χ2n) is 9.35. The number of carbonyl (C=O) groups excluding carboxylic acids is 2. The molecule has 0 aromatic heterocycles. The molecule has 2 heterocycles. The number of amides is 2. The fourth-order valence-corrected chi connectivity index (χ4v) is 6.85. The minimum absolute atomic E-state index is 0.0757. The SMILES string of the molecule is COCCCN1C(=O)c2cccc3c(NC(=O)C4CCCCN4S(=O)(=O)c4ccc(N)cc4)ccc1c23. The number of nitrogens with zero attached hydrogens (tertiary/aromatic N) is 2. The molecule has 1 saturated heterocycles. The molecule has 0 spiro atoms. The van der Waals surface area contributed by atoms with E-state index in [0.29, 0.717) is 49.4 Å². The molecule has 2 amide bonds. The molecular formula is C27H30N4O5S. The van der Waals surface area contributed by atoms with Crippen molar-refractivity contribution in [3.63, 3.8) is 0 Å². The molecule has 37 heavy (non-hydrogen) atoms. The van der Waals surface area contributed by atoms with Crippen LogP contribution in [0.15, 0.2) is 59.5 Å². The summed E-state index contributed by atoms with van der Waals surface area (Å²) in [6.45, 7) is 1.34. The van der Waals surface area contributed by atoms with Gasteiger partial charge in [0.1, 0.15) is 6.04 Å². The highest BCUT2D eigenvalue weighted by Crippen LogP contribution is 2.41. The highest BCUT2D eigenvalue weighted by molar-refractivity contribution is 7.89. The second-order valence-corrected chi connectivity index (χ2v) is 11.2. The van der Waals surface area contributed by atoms with Crippen molar-refractivity contribution in [1.82, 2.24) is 4.31 Å². The first-order valence-corrected chi connectivity index (χ1v) is 13.8. The summed E-state index contributed by atoms with van der Waals surface area (Å²) in [5.41, 5.74) is 8.13. The first-order valence-electron chi connectivity index (χ1n) is 12.4. The maximum absolute atomic E-state index is 13.5. The van der Waals surface area contributed by atoms with Crippen LogP contribution in [-0.4, -0.2) is 57.4 Å². The first kappa shape index (κ1) is 25.2. The molecule has 10 heteroatoms. The molecule has 5 rings (SSSR count). The van der Waals surface area contributed by atoms with E-state index in [1.165, 1.54) is 16.4 Å². The Labute approximate surface area is 216 Å². The largest absolute Gasteiger partial charge is 0.399 e. The van der Waals surface area contributed by atoms with Gasteiger partial charge in [0.2, 0.25) is 15.9 Å². The van der Waals surface area contributed by atoms with Gasteiger partial charge in [0.15, 0.2) is 0 Å². The molecule has 2 aliphatic heterocycles. The molecule has 194 valence electrons. The maximum Gasteiger partial charge on any atom is 0.258 e. The van der Waals surface area contributed by atoms with E-state index in [2.05, 4.69) is 5.32 Å². The number of methoxy groups -OCH3 is 1. The Balaban J connectivity index is 1.44. The molecule has 1 fully saturated rings. The van der Waals surface area contributed by atoms with Crippen molar-refractivity contribution in [3.05, 3.63) is 60.2 Å². The summed E-state index contributed by atoms with van der Waals surface area (Å²) in [7, 11) is -2.25. The molecule has 3 N–H and O–H groups in total. The number of sulfonamides is 1. The Hall–Kier alpha value is -3.47. The van der Waals surface area contributed by atoms with Crippen LogP contribution in [0.1, 0.15) is 36.0 Å². The number of ether oxygens (including phenoxy) is 1. The summed E-state index contributed by atoms with van der Waals surface area (Å²) < 4.78 is 33.2. The fourth-order valence-electron chi connectivity index (χ4n) is 5.19. The van der Waals surface area contributed by atoms with Crippen molar-refractivity contribution >= 4 is 49.7 Å². The second kappa shape index (κ2) is 10.1. The van der Waals surface area contributed by atoms with Crippen molar-refractivity contribution in [2.24, 2.45) is 0 Å². The number of piperidine rings is 1. The van der Waals surface area contributed by atoms with Crippen LogP contribution in [0.2, 0.25) is 0 Å². The van der Waals surface area contributed by atoms with Gasteiger partial charge < -0.3 is 20.7 Å². The lowest BCUT2D eigenvalue weighted by Crippen LogP contribution is -2.49. The van der Waals surface area contributed by atoms with E-state index in [0.717, 1.165) is 22.9 Å².